The normalized spacial score (nSPS) is 16.5. The van der Waals surface area contributed by atoms with Crippen molar-refractivity contribution < 1.29 is 34.8 Å². The molecule has 118 valence electrons. The predicted molar refractivity (Wildman–Crippen MR) is 70.8 cm³/mol. The summed E-state index contributed by atoms with van der Waals surface area (Å²) in [6, 6.07) is 0. The maximum Gasteiger partial charge on any atom is 0.255 e. The minimum Gasteiger partial charge on any atom is -0.543 e. The second-order valence-electron chi connectivity index (χ2n) is 4.25. The first-order valence-electron chi connectivity index (χ1n) is 6.10. The molecule has 1 atom stereocenters. The van der Waals surface area contributed by atoms with Crippen LogP contribution in [0, 0.1) is 12.3 Å². The lowest BCUT2D eigenvalue weighted by Gasteiger charge is -2.16. The summed E-state index contributed by atoms with van der Waals surface area (Å²) in [5.74, 6) is -1.39. The summed E-state index contributed by atoms with van der Waals surface area (Å²) in [6.07, 6.45) is 7.24. The molecule has 22 heavy (non-hydrogen) atoms. The maximum atomic E-state index is 8.93. The van der Waals surface area contributed by atoms with Crippen molar-refractivity contribution in [2.24, 2.45) is 0 Å². The van der Waals surface area contributed by atoms with Crippen LogP contribution in [0.25, 0.3) is 5.57 Å². The number of quaternary nitrogens is 2. The fourth-order valence-corrected chi connectivity index (χ4v) is 2.13. The molecule has 0 spiro atoms. The molecule has 1 aromatic rings. The predicted octanol–water partition coefficient (Wildman–Crippen LogP) is -5.57. The Kier molecular flexibility index (Phi) is 6.97. The third-order valence-electron chi connectivity index (χ3n) is 2.50. The van der Waals surface area contributed by atoms with Crippen molar-refractivity contribution in [2.45, 2.75) is 0 Å². The van der Waals surface area contributed by atoms with Gasteiger partial charge in [0.1, 0.15) is 12.7 Å². The average Bonchev–Trinajstić information content (AvgIpc) is 2.94. The van der Waals surface area contributed by atoms with Gasteiger partial charge in [-0.3, -0.25) is 10.2 Å². The molecule has 9 nitrogen and oxygen atoms in total. The molecule has 3 N–H and O–H groups in total. The third kappa shape index (κ3) is 5.49. The smallest absolute Gasteiger partial charge is 0.255 e. The van der Waals surface area contributed by atoms with E-state index in [1.54, 1.807) is 0 Å². The fraction of sp³-hybridized carbons (Fsp3) is 0.333. The molecule has 0 aromatic carbocycles. The Morgan fingerprint density at radius 3 is 2.73 bits per heavy atom. The molecule has 0 bridgehead atoms. The Morgan fingerprint density at radius 2 is 2.18 bits per heavy atom. The Morgan fingerprint density at radius 1 is 1.50 bits per heavy atom. The number of carboxylic acids is 2. The van der Waals surface area contributed by atoms with E-state index < -0.39 is 11.9 Å². The largest absolute Gasteiger partial charge is 0.543 e. The van der Waals surface area contributed by atoms with E-state index in [2.05, 4.69) is 33.2 Å². The molecule has 0 radical (unpaired) electrons. The van der Waals surface area contributed by atoms with E-state index in [1.165, 1.54) is 4.90 Å². The zero-order chi connectivity index (χ0) is 16.5. The van der Waals surface area contributed by atoms with Gasteiger partial charge >= 0.3 is 0 Å². The fourth-order valence-electron chi connectivity index (χ4n) is 1.60. The summed E-state index contributed by atoms with van der Waals surface area (Å²) in [5, 5.41) is 20.0. The van der Waals surface area contributed by atoms with Crippen LogP contribution in [-0.2, 0) is 9.59 Å². The van der Waals surface area contributed by atoms with Crippen LogP contribution in [0.5, 0.6) is 5.88 Å². The molecule has 0 aliphatic carbocycles. The van der Waals surface area contributed by atoms with Crippen LogP contribution in [0.3, 0.4) is 0 Å². The van der Waals surface area contributed by atoms with Gasteiger partial charge in [0, 0.05) is 0 Å². The van der Waals surface area contributed by atoms with Gasteiger partial charge in [-0.15, -0.1) is 10.8 Å². The summed E-state index contributed by atoms with van der Waals surface area (Å²) in [4.78, 5) is 19.3. The van der Waals surface area contributed by atoms with Crippen molar-refractivity contribution in [2.75, 3.05) is 26.9 Å². The molecule has 1 aromatic heterocycles. The van der Waals surface area contributed by atoms with Crippen LogP contribution in [0.15, 0.2) is 6.20 Å². The third-order valence-corrected chi connectivity index (χ3v) is 3.01. The molecule has 0 amide bonds. The number of rotatable bonds is 3. The number of nitrogens with one attached hydrogen (secondary N) is 1. The Hall–Kier alpha value is -2.48. The van der Waals surface area contributed by atoms with Crippen molar-refractivity contribution in [3.8, 4) is 18.2 Å². The van der Waals surface area contributed by atoms with E-state index in [-0.39, 0.29) is 6.61 Å². The number of aliphatic carboxylic acids is 2. The number of likely N-dealkylation sites (N-methyl/N-ethyl adjacent to an activating group) is 1. The van der Waals surface area contributed by atoms with E-state index in [0.717, 1.165) is 36.2 Å². The minimum atomic E-state index is -2.19. The topological polar surface area (TPSA) is 136 Å². The SMILES string of the molecule is C#CCOc1nsnc1C1=C[NH2+]C[NH+](C)C1.O=C([O-])C(=O)[O-]. The number of nitrogens with two attached hydrogens (primary N) is 1. The van der Waals surface area contributed by atoms with Gasteiger partial charge in [0.05, 0.1) is 36.3 Å². The van der Waals surface area contributed by atoms with Crippen molar-refractivity contribution in [3.63, 3.8) is 0 Å². The number of hydrogen-bond donors (Lipinski definition) is 2. The molecular formula is C12H14N4O5S. The van der Waals surface area contributed by atoms with Gasteiger partial charge in [0.2, 0.25) is 6.67 Å². The summed E-state index contributed by atoms with van der Waals surface area (Å²) < 4.78 is 13.7. The lowest BCUT2D eigenvalue weighted by atomic mass is 10.2. The summed E-state index contributed by atoms with van der Waals surface area (Å²) >= 11 is 1.15. The number of carbonyl (C=O) groups is 2. The molecule has 10 heteroatoms. The van der Waals surface area contributed by atoms with Crippen molar-refractivity contribution in [1.29, 1.82) is 0 Å². The van der Waals surface area contributed by atoms with Gasteiger partial charge in [-0.05, 0) is 0 Å². The second-order valence-corrected chi connectivity index (χ2v) is 4.78. The minimum absolute atomic E-state index is 0.234. The van der Waals surface area contributed by atoms with Gasteiger partial charge < -0.3 is 24.5 Å². The standard InChI is InChI=1S/C10H12N4OS.C2H2O4/c1-3-4-15-10-9(12-16-13-10)8-5-11-7-14(2)6-8;3-1(4)2(5)6/h1,5,11H,4,6-7H2,2H3;(H,3,4)(H,5,6). The number of nitrogens with zero attached hydrogens (tertiary/aromatic N) is 2. The van der Waals surface area contributed by atoms with Crippen LogP contribution in [0.1, 0.15) is 5.69 Å². The average molecular weight is 326 g/mol. The molecule has 0 saturated heterocycles. The first-order valence-corrected chi connectivity index (χ1v) is 6.84. The van der Waals surface area contributed by atoms with Crippen molar-refractivity contribution in [1.82, 2.24) is 8.75 Å². The number of hydrogen-bond acceptors (Lipinski definition) is 8. The highest BCUT2D eigenvalue weighted by Crippen LogP contribution is 2.22. The summed E-state index contributed by atoms with van der Waals surface area (Å²) in [6.45, 7) is 2.22. The van der Waals surface area contributed by atoms with Crippen molar-refractivity contribution in [3.05, 3.63) is 11.9 Å². The lowest BCUT2D eigenvalue weighted by molar-refractivity contribution is -0.978. The van der Waals surface area contributed by atoms with E-state index in [0.29, 0.717) is 5.88 Å². The number of carboxylic acid groups (broad SMARTS) is 2. The Bertz CT molecular complexity index is 595. The molecule has 1 aliphatic rings. The molecule has 2 heterocycles. The number of aromatic nitrogens is 2. The van der Waals surface area contributed by atoms with E-state index in [4.69, 9.17) is 31.0 Å². The molecule has 1 aliphatic heterocycles. The Balaban J connectivity index is 0.000000346. The molecular weight excluding hydrogens is 312 g/mol. The first kappa shape index (κ1) is 17.6. The van der Waals surface area contributed by atoms with Crippen LogP contribution in [0.4, 0.5) is 0 Å². The van der Waals surface area contributed by atoms with E-state index in [9.17, 15) is 0 Å². The van der Waals surface area contributed by atoms with E-state index in [1.807, 2.05) is 0 Å². The maximum absolute atomic E-state index is 8.93. The van der Waals surface area contributed by atoms with Gasteiger partial charge in [0.25, 0.3) is 5.88 Å². The molecule has 1 unspecified atom stereocenters. The molecule has 2 rings (SSSR count). The zero-order valence-corrected chi connectivity index (χ0v) is 12.5. The van der Waals surface area contributed by atoms with Crippen LogP contribution in [0.2, 0.25) is 0 Å². The van der Waals surface area contributed by atoms with Crippen molar-refractivity contribution >= 4 is 29.2 Å². The van der Waals surface area contributed by atoms with Gasteiger partial charge in [-0.1, -0.05) is 5.92 Å². The highest BCUT2D eigenvalue weighted by Gasteiger charge is 2.22. The monoisotopic (exact) mass is 326 g/mol. The molecule has 0 fully saturated rings. The second kappa shape index (κ2) is 8.73. The number of ether oxygens (including phenoxy) is 1. The summed E-state index contributed by atoms with van der Waals surface area (Å²) in [5.41, 5.74) is 1.99. The Labute approximate surface area is 130 Å². The summed E-state index contributed by atoms with van der Waals surface area (Å²) in [7, 11) is 2.14. The lowest BCUT2D eigenvalue weighted by Crippen LogP contribution is -3.20. The van der Waals surface area contributed by atoms with E-state index >= 15 is 0 Å². The van der Waals surface area contributed by atoms with Gasteiger partial charge in [-0.2, -0.15) is 4.37 Å². The quantitative estimate of drug-likeness (QED) is 0.417. The first-order chi connectivity index (χ1) is 10.5. The van der Waals surface area contributed by atoms with Crippen LogP contribution in [-0.4, -0.2) is 47.6 Å². The van der Waals surface area contributed by atoms with Crippen LogP contribution < -0.4 is 25.2 Å². The molecule has 0 saturated carbocycles. The number of terminal acetylenes is 1. The van der Waals surface area contributed by atoms with Crippen LogP contribution >= 0.6 is 11.7 Å². The highest BCUT2D eigenvalue weighted by molar-refractivity contribution is 6.99. The zero-order valence-electron chi connectivity index (χ0n) is 11.7. The highest BCUT2D eigenvalue weighted by atomic mass is 32.1. The number of carbonyl (C=O) groups excluding carboxylic acids is 2. The van der Waals surface area contributed by atoms with Gasteiger partial charge in [-0.25, -0.2) is 0 Å². The van der Waals surface area contributed by atoms with Gasteiger partial charge in [0.15, 0.2) is 12.3 Å².